The minimum absolute atomic E-state index is 0.0758. The molecule has 1 atom stereocenters. The maximum atomic E-state index is 11.5. The predicted molar refractivity (Wildman–Crippen MR) is 52.5 cm³/mol. The Morgan fingerprint density at radius 3 is 2.31 bits per heavy atom. The van der Waals surface area contributed by atoms with Gasteiger partial charge in [0.2, 0.25) is 17.1 Å². The molecule has 6 heteroatoms. The van der Waals surface area contributed by atoms with Crippen LogP contribution in [-0.4, -0.2) is 40.8 Å². The van der Waals surface area contributed by atoms with Crippen molar-refractivity contribution < 1.29 is 29.3 Å². The lowest BCUT2D eigenvalue weighted by Gasteiger charge is -2.36. The zero-order valence-corrected chi connectivity index (χ0v) is 9.15. The normalized spacial score (nSPS) is 24.1. The molecular formula is C10H14O6. The van der Waals surface area contributed by atoms with E-state index in [9.17, 15) is 14.7 Å². The third-order valence-electron chi connectivity index (χ3n) is 2.15. The Balaban J connectivity index is 2.96. The zero-order valence-electron chi connectivity index (χ0n) is 9.15. The van der Waals surface area contributed by atoms with Crippen molar-refractivity contribution in [2.24, 2.45) is 0 Å². The Morgan fingerprint density at radius 1 is 1.31 bits per heavy atom. The van der Waals surface area contributed by atoms with E-state index in [0.29, 0.717) is 0 Å². The van der Waals surface area contributed by atoms with Gasteiger partial charge in [0, 0.05) is 0 Å². The van der Waals surface area contributed by atoms with Crippen LogP contribution in [0, 0.1) is 0 Å². The van der Waals surface area contributed by atoms with Gasteiger partial charge in [0.15, 0.2) is 5.76 Å². The van der Waals surface area contributed by atoms with Gasteiger partial charge in [0.25, 0.3) is 0 Å². The number of carbonyl (C=O) groups is 2. The molecular weight excluding hydrogens is 216 g/mol. The van der Waals surface area contributed by atoms with Crippen LogP contribution in [0.1, 0.15) is 20.3 Å². The van der Waals surface area contributed by atoms with E-state index in [2.05, 4.69) is 0 Å². The minimum atomic E-state index is -2.06. The second-order valence-electron chi connectivity index (χ2n) is 3.28. The highest BCUT2D eigenvalue weighted by molar-refractivity contribution is 6.11. The van der Waals surface area contributed by atoms with Crippen molar-refractivity contribution in [3.8, 4) is 0 Å². The summed E-state index contributed by atoms with van der Waals surface area (Å²) in [5, 5.41) is 18.4. The fraction of sp³-hybridized carbons (Fsp3) is 0.600. The molecule has 0 fully saturated rings. The molecule has 0 spiro atoms. The number of hydrogen-bond donors (Lipinski definition) is 2. The van der Waals surface area contributed by atoms with Crippen LogP contribution in [-0.2, 0) is 19.1 Å². The zero-order chi connectivity index (χ0) is 12.3. The molecule has 1 unspecified atom stereocenters. The SMILES string of the molecule is CCOC1=C(OCC)C(O)(CC(=O)O)C1=O. The Bertz CT molecular complexity index is 345. The quantitative estimate of drug-likeness (QED) is 0.670. The molecule has 1 aliphatic carbocycles. The molecule has 0 saturated carbocycles. The monoisotopic (exact) mass is 230 g/mol. The van der Waals surface area contributed by atoms with E-state index in [4.69, 9.17) is 14.6 Å². The molecule has 16 heavy (non-hydrogen) atoms. The number of Topliss-reactive ketones (excluding diaryl/α,β-unsaturated/α-hetero) is 1. The first-order valence-corrected chi connectivity index (χ1v) is 4.96. The highest BCUT2D eigenvalue weighted by atomic mass is 16.5. The van der Waals surface area contributed by atoms with Gasteiger partial charge in [-0.2, -0.15) is 0 Å². The van der Waals surface area contributed by atoms with E-state index in [1.54, 1.807) is 13.8 Å². The first kappa shape index (κ1) is 12.5. The molecule has 2 N–H and O–H groups in total. The average molecular weight is 230 g/mol. The van der Waals surface area contributed by atoms with E-state index in [0.717, 1.165) is 0 Å². The molecule has 0 aromatic carbocycles. The lowest BCUT2D eigenvalue weighted by Crippen LogP contribution is -2.53. The summed E-state index contributed by atoms with van der Waals surface area (Å²) in [7, 11) is 0. The summed E-state index contributed by atoms with van der Waals surface area (Å²) < 4.78 is 10.0. The Hall–Kier alpha value is -1.56. The van der Waals surface area contributed by atoms with Crippen molar-refractivity contribution >= 4 is 11.8 Å². The number of rotatable bonds is 6. The standard InChI is InChI=1S/C10H14O6/c1-3-15-7-8(13)10(14,5-6(11)12)9(7)16-4-2/h14H,3-5H2,1-2H3,(H,11,12). The van der Waals surface area contributed by atoms with Gasteiger partial charge in [0.05, 0.1) is 19.6 Å². The molecule has 0 aliphatic heterocycles. The number of carboxylic acid groups (broad SMARTS) is 1. The third-order valence-corrected chi connectivity index (χ3v) is 2.15. The summed E-state index contributed by atoms with van der Waals surface area (Å²) in [5.41, 5.74) is -2.06. The van der Waals surface area contributed by atoms with Crippen LogP contribution in [0.2, 0.25) is 0 Å². The number of carboxylic acids is 1. The molecule has 0 aromatic heterocycles. The highest BCUT2D eigenvalue weighted by Gasteiger charge is 2.57. The van der Waals surface area contributed by atoms with Gasteiger partial charge in [0.1, 0.15) is 0 Å². The maximum absolute atomic E-state index is 11.5. The van der Waals surface area contributed by atoms with E-state index < -0.39 is 23.8 Å². The van der Waals surface area contributed by atoms with Crippen LogP contribution in [0.5, 0.6) is 0 Å². The van der Waals surface area contributed by atoms with Crippen molar-refractivity contribution in [2.45, 2.75) is 25.9 Å². The molecule has 0 amide bonds. The maximum Gasteiger partial charge on any atom is 0.307 e. The summed E-state index contributed by atoms with van der Waals surface area (Å²) in [6, 6.07) is 0. The van der Waals surface area contributed by atoms with Crippen LogP contribution in [0.25, 0.3) is 0 Å². The molecule has 0 aromatic rings. The lowest BCUT2D eigenvalue weighted by molar-refractivity contribution is -0.157. The van der Waals surface area contributed by atoms with E-state index in [-0.39, 0.29) is 24.7 Å². The van der Waals surface area contributed by atoms with Crippen LogP contribution in [0.3, 0.4) is 0 Å². The number of hydrogen-bond acceptors (Lipinski definition) is 5. The molecule has 1 aliphatic rings. The summed E-state index contributed by atoms with van der Waals surface area (Å²) in [4.78, 5) is 22.1. The Morgan fingerprint density at radius 2 is 1.88 bits per heavy atom. The molecule has 0 bridgehead atoms. The predicted octanol–water partition coefficient (Wildman–Crippen LogP) is 0.0595. The van der Waals surface area contributed by atoms with Crippen LogP contribution >= 0.6 is 0 Å². The van der Waals surface area contributed by atoms with Gasteiger partial charge in [-0.1, -0.05) is 0 Å². The van der Waals surface area contributed by atoms with Crippen LogP contribution in [0.15, 0.2) is 11.5 Å². The summed E-state index contributed by atoms with van der Waals surface area (Å²) in [5.74, 6) is -2.17. The first-order valence-electron chi connectivity index (χ1n) is 4.96. The average Bonchev–Trinajstić information content (AvgIpc) is 2.22. The van der Waals surface area contributed by atoms with E-state index >= 15 is 0 Å². The number of aliphatic hydroxyl groups is 1. The van der Waals surface area contributed by atoms with E-state index in [1.807, 2.05) is 0 Å². The van der Waals surface area contributed by atoms with Crippen molar-refractivity contribution in [1.29, 1.82) is 0 Å². The second-order valence-corrected chi connectivity index (χ2v) is 3.28. The molecule has 90 valence electrons. The smallest absolute Gasteiger partial charge is 0.307 e. The fourth-order valence-corrected chi connectivity index (χ4v) is 1.50. The second kappa shape index (κ2) is 4.52. The van der Waals surface area contributed by atoms with Gasteiger partial charge in [-0.15, -0.1) is 0 Å². The number of ether oxygens (including phenoxy) is 2. The van der Waals surface area contributed by atoms with Crippen LogP contribution < -0.4 is 0 Å². The third kappa shape index (κ3) is 1.88. The van der Waals surface area contributed by atoms with Gasteiger partial charge < -0.3 is 19.7 Å². The fourth-order valence-electron chi connectivity index (χ4n) is 1.50. The van der Waals surface area contributed by atoms with Gasteiger partial charge in [-0.3, -0.25) is 9.59 Å². The molecule has 1 rings (SSSR count). The Kier molecular flexibility index (Phi) is 3.54. The summed E-state index contributed by atoms with van der Waals surface area (Å²) >= 11 is 0. The van der Waals surface area contributed by atoms with Crippen molar-refractivity contribution in [3.05, 3.63) is 11.5 Å². The van der Waals surface area contributed by atoms with Gasteiger partial charge in [-0.05, 0) is 13.8 Å². The minimum Gasteiger partial charge on any atom is -0.491 e. The van der Waals surface area contributed by atoms with Crippen molar-refractivity contribution in [2.75, 3.05) is 13.2 Å². The van der Waals surface area contributed by atoms with Crippen LogP contribution in [0.4, 0.5) is 0 Å². The topological polar surface area (TPSA) is 93.1 Å². The summed E-state index contributed by atoms with van der Waals surface area (Å²) in [6.45, 7) is 3.82. The van der Waals surface area contributed by atoms with E-state index in [1.165, 1.54) is 0 Å². The van der Waals surface area contributed by atoms with Crippen molar-refractivity contribution in [1.82, 2.24) is 0 Å². The number of aliphatic carboxylic acids is 1. The van der Waals surface area contributed by atoms with Gasteiger partial charge >= 0.3 is 5.97 Å². The molecule has 0 saturated heterocycles. The van der Waals surface area contributed by atoms with Gasteiger partial charge in [-0.25, -0.2) is 0 Å². The molecule has 6 nitrogen and oxygen atoms in total. The number of carbonyl (C=O) groups excluding carboxylic acids is 1. The Labute approximate surface area is 92.5 Å². The summed E-state index contributed by atoms with van der Waals surface area (Å²) in [6.07, 6.45) is -0.711. The number of ketones is 1. The largest absolute Gasteiger partial charge is 0.491 e. The first-order chi connectivity index (χ1) is 7.47. The molecule has 0 heterocycles. The van der Waals surface area contributed by atoms with Crippen molar-refractivity contribution in [3.63, 3.8) is 0 Å². The lowest BCUT2D eigenvalue weighted by atomic mass is 9.80. The molecule has 0 radical (unpaired) electrons. The highest BCUT2D eigenvalue weighted by Crippen LogP contribution is 2.39.